The first-order valence-corrected chi connectivity index (χ1v) is 15.7. The molecule has 0 unspecified atom stereocenters. The average molecular weight is 557 g/mol. The lowest BCUT2D eigenvalue weighted by molar-refractivity contribution is -0.131. The highest BCUT2D eigenvalue weighted by Crippen LogP contribution is 2.28. The van der Waals surface area contributed by atoms with E-state index in [1.54, 1.807) is 24.3 Å². The van der Waals surface area contributed by atoms with Crippen LogP contribution in [0.5, 0.6) is 11.5 Å². The van der Waals surface area contributed by atoms with Crippen molar-refractivity contribution in [3.63, 3.8) is 0 Å². The Bertz CT molecular complexity index is 1200. The van der Waals surface area contributed by atoms with Crippen LogP contribution in [0.3, 0.4) is 0 Å². The molecule has 10 heteroatoms. The van der Waals surface area contributed by atoms with E-state index in [1.807, 2.05) is 24.3 Å². The van der Waals surface area contributed by atoms with Crippen molar-refractivity contribution in [1.29, 1.82) is 0 Å². The van der Waals surface area contributed by atoms with Gasteiger partial charge >= 0.3 is 0 Å². The molecule has 2 amide bonds. The second kappa shape index (κ2) is 13.3. The van der Waals surface area contributed by atoms with E-state index >= 15 is 0 Å². The number of hydrogen-bond acceptors (Lipinski definition) is 6. The molecule has 4 rings (SSSR count). The van der Waals surface area contributed by atoms with Gasteiger partial charge < -0.3 is 15.8 Å². The van der Waals surface area contributed by atoms with Gasteiger partial charge in [-0.05, 0) is 80.2 Å². The molecular formula is C29H40N4O5S. The topological polar surface area (TPSA) is 131 Å². The summed E-state index contributed by atoms with van der Waals surface area (Å²) >= 11 is 0. The number of carbonyl (C=O) groups is 2. The molecular weight excluding hydrogens is 516 g/mol. The van der Waals surface area contributed by atoms with Gasteiger partial charge in [-0.25, -0.2) is 8.42 Å². The first-order chi connectivity index (χ1) is 18.6. The average Bonchev–Trinajstić information content (AvgIpc) is 2.90. The van der Waals surface area contributed by atoms with E-state index in [9.17, 15) is 18.0 Å². The number of piperidine rings is 1. The summed E-state index contributed by atoms with van der Waals surface area (Å²) in [6.07, 6.45) is 9.15. The van der Waals surface area contributed by atoms with E-state index in [0.717, 1.165) is 57.1 Å². The molecule has 2 aromatic rings. The van der Waals surface area contributed by atoms with E-state index in [1.165, 1.54) is 19.3 Å². The molecule has 1 aliphatic heterocycles. The molecule has 2 fully saturated rings. The third-order valence-corrected chi connectivity index (χ3v) is 8.24. The normalized spacial score (nSPS) is 18.3. The van der Waals surface area contributed by atoms with Crippen LogP contribution in [0.15, 0.2) is 48.5 Å². The summed E-state index contributed by atoms with van der Waals surface area (Å²) in [4.78, 5) is 27.2. The number of nitrogens with two attached hydrogens (primary N) is 1. The van der Waals surface area contributed by atoms with Crippen molar-refractivity contribution in [2.24, 2.45) is 17.6 Å². The SMILES string of the molecule is CS(=O)(=O)Nc1ccc(Oc2ccc(CN3CCC(C(=O)N[C@@H](CC4CCCCC4)C(N)=O)CC3)cc2)cc1. The van der Waals surface area contributed by atoms with Gasteiger partial charge in [0.25, 0.3) is 0 Å². The lowest BCUT2D eigenvalue weighted by Crippen LogP contribution is -2.49. The number of anilines is 1. The van der Waals surface area contributed by atoms with Crippen molar-refractivity contribution < 1.29 is 22.7 Å². The minimum atomic E-state index is -3.32. The fourth-order valence-corrected chi connectivity index (χ4v) is 6.07. The fourth-order valence-electron chi connectivity index (χ4n) is 5.51. The number of amides is 2. The van der Waals surface area contributed by atoms with Crippen LogP contribution in [0, 0.1) is 11.8 Å². The smallest absolute Gasteiger partial charge is 0.240 e. The van der Waals surface area contributed by atoms with Gasteiger partial charge in [0, 0.05) is 18.2 Å². The number of sulfonamides is 1. The maximum Gasteiger partial charge on any atom is 0.240 e. The third-order valence-electron chi connectivity index (χ3n) is 7.63. The zero-order chi connectivity index (χ0) is 27.8. The zero-order valence-electron chi connectivity index (χ0n) is 22.6. The zero-order valence-corrected chi connectivity index (χ0v) is 23.4. The van der Waals surface area contributed by atoms with Gasteiger partial charge in [0.15, 0.2) is 0 Å². The van der Waals surface area contributed by atoms with Crippen LogP contribution in [0.4, 0.5) is 5.69 Å². The van der Waals surface area contributed by atoms with E-state index in [0.29, 0.717) is 29.5 Å². The molecule has 4 N–H and O–H groups in total. The van der Waals surface area contributed by atoms with Crippen LogP contribution >= 0.6 is 0 Å². The van der Waals surface area contributed by atoms with Gasteiger partial charge in [0.2, 0.25) is 21.8 Å². The van der Waals surface area contributed by atoms with Crippen molar-refractivity contribution in [2.75, 3.05) is 24.1 Å². The van der Waals surface area contributed by atoms with Crippen LogP contribution in [0.25, 0.3) is 0 Å². The molecule has 1 atom stereocenters. The Morgan fingerprint density at radius 1 is 0.949 bits per heavy atom. The highest BCUT2D eigenvalue weighted by atomic mass is 32.2. The summed E-state index contributed by atoms with van der Waals surface area (Å²) in [5.41, 5.74) is 7.26. The number of hydrogen-bond donors (Lipinski definition) is 3. The minimum absolute atomic E-state index is 0.0455. The predicted octanol–water partition coefficient (Wildman–Crippen LogP) is 4.00. The van der Waals surface area contributed by atoms with Crippen molar-refractivity contribution in [3.8, 4) is 11.5 Å². The maximum atomic E-state index is 12.9. The first-order valence-electron chi connectivity index (χ1n) is 13.8. The molecule has 2 aliphatic rings. The lowest BCUT2D eigenvalue weighted by Gasteiger charge is -2.32. The first kappa shape index (κ1) is 28.9. The Hall–Kier alpha value is -3.11. The summed E-state index contributed by atoms with van der Waals surface area (Å²) in [7, 11) is -3.32. The number of ether oxygens (including phenoxy) is 1. The molecule has 212 valence electrons. The summed E-state index contributed by atoms with van der Waals surface area (Å²) in [5.74, 6) is 1.20. The molecule has 1 heterocycles. The fraction of sp³-hybridized carbons (Fsp3) is 0.517. The third kappa shape index (κ3) is 9.25. The summed E-state index contributed by atoms with van der Waals surface area (Å²) in [6.45, 7) is 2.41. The highest BCUT2D eigenvalue weighted by molar-refractivity contribution is 7.92. The summed E-state index contributed by atoms with van der Waals surface area (Å²) in [6, 6.07) is 14.0. The molecule has 1 saturated heterocycles. The van der Waals surface area contributed by atoms with E-state index in [2.05, 4.69) is 14.9 Å². The Labute approximate surface area is 231 Å². The largest absolute Gasteiger partial charge is 0.457 e. The number of nitrogens with zero attached hydrogens (tertiary/aromatic N) is 1. The molecule has 39 heavy (non-hydrogen) atoms. The van der Waals surface area contributed by atoms with Crippen molar-refractivity contribution in [1.82, 2.24) is 10.2 Å². The lowest BCUT2D eigenvalue weighted by atomic mass is 9.84. The van der Waals surface area contributed by atoms with E-state index in [-0.39, 0.29) is 11.8 Å². The Morgan fingerprint density at radius 3 is 2.10 bits per heavy atom. The molecule has 0 bridgehead atoms. The van der Waals surface area contributed by atoms with Crippen molar-refractivity contribution in [3.05, 3.63) is 54.1 Å². The van der Waals surface area contributed by atoms with Gasteiger partial charge in [0.05, 0.1) is 6.26 Å². The molecule has 0 radical (unpaired) electrons. The minimum Gasteiger partial charge on any atom is -0.457 e. The van der Waals surface area contributed by atoms with E-state index < -0.39 is 22.0 Å². The molecule has 1 saturated carbocycles. The number of benzene rings is 2. The maximum absolute atomic E-state index is 12.9. The number of carbonyl (C=O) groups excluding carboxylic acids is 2. The molecule has 9 nitrogen and oxygen atoms in total. The van der Waals surface area contributed by atoms with Crippen LogP contribution in [-0.4, -0.2) is 50.5 Å². The van der Waals surface area contributed by atoms with Gasteiger partial charge in [-0.2, -0.15) is 0 Å². The molecule has 0 spiro atoms. The van der Waals surface area contributed by atoms with Crippen LogP contribution in [0.1, 0.15) is 56.9 Å². The predicted molar refractivity (Wildman–Crippen MR) is 152 cm³/mol. The number of primary amides is 1. The molecule has 1 aliphatic carbocycles. The van der Waals surface area contributed by atoms with Crippen molar-refractivity contribution >= 4 is 27.5 Å². The second-order valence-electron chi connectivity index (χ2n) is 10.9. The Kier molecular flexibility index (Phi) is 9.85. The number of likely N-dealkylation sites (tertiary alicyclic amines) is 1. The monoisotopic (exact) mass is 556 g/mol. The summed E-state index contributed by atoms with van der Waals surface area (Å²) < 4.78 is 31.0. The number of rotatable bonds is 11. The van der Waals surface area contributed by atoms with Gasteiger partial charge in [-0.15, -0.1) is 0 Å². The standard InChI is InChI=1S/C29H40N4O5S/c1-39(36,37)32-24-9-13-26(14-10-24)38-25-11-7-22(8-12-25)20-33-17-15-23(16-18-33)29(35)31-27(28(30)34)19-21-5-3-2-4-6-21/h7-14,21,23,27,32H,2-6,15-20H2,1H3,(H2,30,34)(H,31,35)/t27-/m0/s1. The quantitative estimate of drug-likeness (QED) is 0.383. The van der Waals surface area contributed by atoms with Crippen molar-refractivity contribution in [2.45, 2.75) is 64.0 Å². The number of nitrogens with one attached hydrogen (secondary N) is 2. The second-order valence-corrected chi connectivity index (χ2v) is 12.6. The van der Waals surface area contributed by atoms with Gasteiger partial charge in [0.1, 0.15) is 17.5 Å². The van der Waals surface area contributed by atoms with Crippen LogP contribution in [0.2, 0.25) is 0 Å². The van der Waals surface area contributed by atoms with Crippen LogP contribution in [-0.2, 0) is 26.2 Å². The summed E-state index contributed by atoms with van der Waals surface area (Å²) in [5, 5.41) is 2.96. The molecule has 0 aromatic heterocycles. The van der Waals surface area contributed by atoms with Gasteiger partial charge in [-0.3, -0.25) is 19.2 Å². The van der Waals surface area contributed by atoms with Crippen LogP contribution < -0.4 is 20.5 Å². The van der Waals surface area contributed by atoms with E-state index in [4.69, 9.17) is 10.5 Å². The van der Waals surface area contributed by atoms with Gasteiger partial charge in [-0.1, -0.05) is 44.2 Å². The highest BCUT2D eigenvalue weighted by Gasteiger charge is 2.29. The molecule has 2 aromatic carbocycles. The Morgan fingerprint density at radius 2 is 1.54 bits per heavy atom. The Balaban J connectivity index is 1.21.